The molecule has 1 saturated heterocycles. The van der Waals surface area contributed by atoms with Crippen LogP contribution in [0.15, 0.2) is 28.7 Å². The quantitative estimate of drug-likeness (QED) is 0.861. The number of fused-ring (bicyclic) bond motifs is 1. The van der Waals surface area contributed by atoms with Gasteiger partial charge < -0.3 is 14.5 Å². The fraction of sp³-hybridized carbons (Fsp3) is 0.429. The highest BCUT2D eigenvalue weighted by atomic mass is 16.5. The third kappa shape index (κ3) is 2.08. The van der Waals surface area contributed by atoms with Gasteiger partial charge in [-0.15, -0.1) is 0 Å². The van der Waals surface area contributed by atoms with Crippen LogP contribution in [0.1, 0.15) is 11.3 Å². The lowest BCUT2D eigenvalue weighted by Gasteiger charge is -2.23. The molecule has 1 N–H and O–H groups in total. The Hall–Kier alpha value is -1.32. The molecule has 0 aliphatic carbocycles. The summed E-state index contributed by atoms with van der Waals surface area (Å²) in [5.41, 5.74) is 2.24. The van der Waals surface area contributed by atoms with Gasteiger partial charge in [0.25, 0.3) is 0 Å². The van der Waals surface area contributed by atoms with Crippen LogP contribution in [0.25, 0.3) is 11.0 Å². The van der Waals surface area contributed by atoms with E-state index in [2.05, 4.69) is 24.4 Å². The van der Waals surface area contributed by atoms with Crippen molar-refractivity contribution in [2.75, 3.05) is 19.8 Å². The number of hydrogen-bond donors (Lipinski definition) is 1. The summed E-state index contributed by atoms with van der Waals surface area (Å²) in [4.78, 5) is 0. The van der Waals surface area contributed by atoms with Crippen LogP contribution in [0, 0.1) is 6.92 Å². The average molecular weight is 231 g/mol. The van der Waals surface area contributed by atoms with E-state index in [4.69, 9.17) is 9.15 Å². The Morgan fingerprint density at radius 2 is 2.24 bits per heavy atom. The first-order valence-electron chi connectivity index (χ1n) is 6.13. The molecule has 1 unspecified atom stereocenters. The van der Waals surface area contributed by atoms with Crippen LogP contribution in [0.4, 0.5) is 0 Å². The minimum atomic E-state index is 0.378. The molecule has 0 radical (unpaired) electrons. The van der Waals surface area contributed by atoms with Gasteiger partial charge >= 0.3 is 0 Å². The second-order valence-electron chi connectivity index (χ2n) is 4.58. The molecule has 2 aromatic rings. The third-order valence-corrected chi connectivity index (χ3v) is 3.37. The number of furan rings is 1. The van der Waals surface area contributed by atoms with E-state index in [1.807, 2.05) is 12.1 Å². The van der Waals surface area contributed by atoms with Crippen molar-refractivity contribution in [3.8, 4) is 0 Å². The normalized spacial score (nSPS) is 20.9. The van der Waals surface area contributed by atoms with E-state index in [0.29, 0.717) is 6.04 Å². The SMILES string of the molecule is Cc1c(CC2COCCN2)oc2ccccc12. The van der Waals surface area contributed by atoms with Gasteiger partial charge in [0, 0.05) is 24.4 Å². The van der Waals surface area contributed by atoms with E-state index >= 15 is 0 Å². The molecule has 0 bridgehead atoms. The van der Waals surface area contributed by atoms with Crippen LogP contribution in [-0.2, 0) is 11.2 Å². The molecule has 3 nitrogen and oxygen atoms in total. The van der Waals surface area contributed by atoms with Gasteiger partial charge in [-0.1, -0.05) is 18.2 Å². The van der Waals surface area contributed by atoms with E-state index < -0.39 is 0 Å². The molecule has 1 fully saturated rings. The summed E-state index contributed by atoms with van der Waals surface area (Å²) in [6.07, 6.45) is 0.903. The Bertz CT molecular complexity index is 512. The maximum Gasteiger partial charge on any atom is 0.134 e. The topological polar surface area (TPSA) is 34.4 Å². The Morgan fingerprint density at radius 3 is 3.00 bits per heavy atom. The van der Waals surface area contributed by atoms with Crippen molar-refractivity contribution in [1.29, 1.82) is 0 Å². The van der Waals surface area contributed by atoms with Gasteiger partial charge in [-0.05, 0) is 18.6 Å². The minimum absolute atomic E-state index is 0.378. The lowest BCUT2D eigenvalue weighted by atomic mass is 10.1. The molecule has 17 heavy (non-hydrogen) atoms. The Labute approximate surface area is 101 Å². The second-order valence-corrected chi connectivity index (χ2v) is 4.58. The molecule has 3 rings (SSSR count). The highest BCUT2D eigenvalue weighted by molar-refractivity contribution is 5.81. The van der Waals surface area contributed by atoms with Gasteiger partial charge in [-0.2, -0.15) is 0 Å². The first-order chi connectivity index (χ1) is 8.34. The number of ether oxygens (including phenoxy) is 1. The molecule has 1 aliphatic rings. The van der Waals surface area contributed by atoms with Crippen LogP contribution in [0.3, 0.4) is 0 Å². The average Bonchev–Trinajstić information content (AvgIpc) is 2.68. The molecular weight excluding hydrogens is 214 g/mol. The first-order valence-corrected chi connectivity index (χ1v) is 6.13. The zero-order chi connectivity index (χ0) is 11.7. The van der Waals surface area contributed by atoms with E-state index in [1.54, 1.807) is 0 Å². The number of aryl methyl sites for hydroxylation is 1. The van der Waals surface area contributed by atoms with Gasteiger partial charge in [-0.3, -0.25) is 0 Å². The van der Waals surface area contributed by atoms with Crippen LogP contribution in [0.5, 0.6) is 0 Å². The Balaban J connectivity index is 1.87. The van der Waals surface area contributed by atoms with Crippen LogP contribution in [0.2, 0.25) is 0 Å². The van der Waals surface area contributed by atoms with E-state index in [9.17, 15) is 0 Å². The third-order valence-electron chi connectivity index (χ3n) is 3.37. The zero-order valence-electron chi connectivity index (χ0n) is 10.0. The monoisotopic (exact) mass is 231 g/mol. The summed E-state index contributed by atoms with van der Waals surface area (Å²) in [7, 11) is 0. The predicted octanol–water partition coefficient (Wildman–Crippen LogP) is 2.27. The molecule has 0 amide bonds. The smallest absolute Gasteiger partial charge is 0.134 e. The predicted molar refractivity (Wildman–Crippen MR) is 67.3 cm³/mol. The fourth-order valence-corrected chi connectivity index (χ4v) is 2.39. The molecule has 1 aromatic carbocycles. The fourth-order valence-electron chi connectivity index (χ4n) is 2.39. The van der Waals surface area contributed by atoms with E-state index in [0.717, 1.165) is 37.5 Å². The van der Waals surface area contributed by atoms with Crippen molar-refractivity contribution in [3.05, 3.63) is 35.6 Å². The van der Waals surface area contributed by atoms with Crippen molar-refractivity contribution >= 4 is 11.0 Å². The van der Waals surface area contributed by atoms with Crippen molar-refractivity contribution in [2.45, 2.75) is 19.4 Å². The lowest BCUT2D eigenvalue weighted by molar-refractivity contribution is 0.0754. The summed E-state index contributed by atoms with van der Waals surface area (Å²) in [6.45, 7) is 4.65. The standard InChI is InChI=1S/C14H17NO2/c1-10-12-4-2-3-5-13(12)17-14(10)8-11-9-16-7-6-15-11/h2-5,11,15H,6-9H2,1H3. The Kier molecular flexibility index (Phi) is 2.87. The number of benzene rings is 1. The summed E-state index contributed by atoms with van der Waals surface area (Å²) in [5, 5.41) is 4.68. The van der Waals surface area contributed by atoms with Gasteiger partial charge in [-0.25, -0.2) is 0 Å². The zero-order valence-corrected chi connectivity index (χ0v) is 10.0. The minimum Gasteiger partial charge on any atom is -0.461 e. The second kappa shape index (κ2) is 4.51. The Morgan fingerprint density at radius 1 is 1.35 bits per heavy atom. The molecule has 2 heterocycles. The van der Waals surface area contributed by atoms with Crippen LogP contribution in [-0.4, -0.2) is 25.8 Å². The first kappa shape index (κ1) is 10.8. The number of morpholine rings is 1. The van der Waals surface area contributed by atoms with Gasteiger partial charge in [0.1, 0.15) is 11.3 Å². The number of nitrogens with one attached hydrogen (secondary N) is 1. The molecule has 90 valence electrons. The van der Waals surface area contributed by atoms with Crippen LogP contribution >= 0.6 is 0 Å². The number of para-hydroxylation sites is 1. The number of hydrogen-bond acceptors (Lipinski definition) is 3. The maximum atomic E-state index is 5.91. The van der Waals surface area contributed by atoms with Crippen molar-refractivity contribution in [3.63, 3.8) is 0 Å². The van der Waals surface area contributed by atoms with Gasteiger partial charge in [0.05, 0.1) is 13.2 Å². The highest BCUT2D eigenvalue weighted by Crippen LogP contribution is 2.25. The lowest BCUT2D eigenvalue weighted by Crippen LogP contribution is -2.42. The molecular formula is C14H17NO2. The van der Waals surface area contributed by atoms with Gasteiger partial charge in [0.2, 0.25) is 0 Å². The van der Waals surface area contributed by atoms with Crippen molar-refractivity contribution in [2.24, 2.45) is 0 Å². The van der Waals surface area contributed by atoms with Crippen molar-refractivity contribution < 1.29 is 9.15 Å². The molecule has 1 aliphatic heterocycles. The van der Waals surface area contributed by atoms with E-state index in [1.165, 1.54) is 10.9 Å². The van der Waals surface area contributed by atoms with Crippen molar-refractivity contribution in [1.82, 2.24) is 5.32 Å². The molecule has 0 saturated carbocycles. The van der Waals surface area contributed by atoms with E-state index in [-0.39, 0.29) is 0 Å². The summed E-state index contributed by atoms with van der Waals surface area (Å²) in [6, 6.07) is 8.58. The molecule has 1 aromatic heterocycles. The summed E-state index contributed by atoms with van der Waals surface area (Å²) < 4.78 is 11.4. The number of rotatable bonds is 2. The maximum absolute atomic E-state index is 5.91. The molecule has 0 spiro atoms. The highest BCUT2D eigenvalue weighted by Gasteiger charge is 2.18. The largest absolute Gasteiger partial charge is 0.461 e. The molecule has 1 atom stereocenters. The summed E-state index contributed by atoms with van der Waals surface area (Å²) in [5.74, 6) is 1.08. The van der Waals surface area contributed by atoms with Crippen LogP contribution < -0.4 is 5.32 Å². The van der Waals surface area contributed by atoms with Gasteiger partial charge in [0.15, 0.2) is 0 Å². The molecule has 3 heteroatoms. The summed E-state index contributed by atoms with van der Waals surface area (Å²) >= 11 is 0.